The molecule has 1 unspecified atom stereocenters. The van der Waals surface area contributed by atoms with E-state index in [1.54, 1.807) is 54.6 Å². The highest BCUT2D eigenvalue weighted by Gasteiger charge is 2.13. The molecule has 0 spiro atoms. The lowest BCUT2D eigenvalue weighted by Gasteiger charge is -2.19. The van der Waals surface area contributed by atoms with Gasteiger partial charge in [0.15, 0.2) is 9.84 Å². The molecule has 216 valence electrons. The van der Waals surface area contributed by atoms with E-state index in [1.807, 2.05) is 37.3 Å². The molecular formula is C31H32N6O4S. The molecule has 11 heteroatoms. The summed E-state index contributed by atoms with van der Waals surface area (Å²) in [7, 11) is -3.27. The number of nitrogens with two attached hydrogens (primary N) is 1. The third-order valence-corrected chi connectivity index (χ3v) is 7.61. The minimum Gasteiger partial charge on any atom is -0.384 e. The Kier molecular flexibility index (Phi) is 9.23. The van der Waals surface area contributed by atoms with Crippen molar-refractivity contribution in [3.63, 3.8) is 0 Å². The Bertz CT molecular complexity index is 1690. The van der Waals surface area contributed by atoms with Gasteiger partial charge in [-0.25, -0.2) is 13.2 Å². The molecular weight excluding hydrogens is 552 g/mol. The summed E-state index contributed by atoms with van der Waals surface area (Å²) in [6.45, 7) is 2.24. The summed E-state index contributed by atoms with van der Waals surface area (Å²) >= 11 is 0. The fraction of sp³-hybridized carbons (Fsp3) is 0.129. The number of benzene rings is 4. The van der Waals surface area contributed by atoms with Crippen LogP contribution in [-0.4, -0.2) is 32.4 Å². The zero-order chi connectivity index (χ0) is 30.3. The third kappa shape index (κ3) is 7.95. The first kappa shape index (κ1) is 29.8. The van der Waals surface area contributed by atoms with Gasteiger partial charge in [-0.15, -0.1) is 0 Å². The lowest BCUT2D eigenvalue weighted by molar-refractivity contribution is 0.0951. The zero-order valence-corrected chi connectivity index (χ0v) is 24.0. The molecule has 0 fully saturated rings. The van der Waals surface area contributed by atoms with E-state index in [2.05, 4.69) is 21.3 Å². The standard InChI is InChI=1S/C31H32N6O4S/c1-20(22-9-11-24(12-10-22)30(38)34-19-21-7-17-26(18-8-21)42(2,40)41)35-27-5-3-4-6-28(27)37-31(39)36-25-15-13-23(14-16-25)29(32)33/h3-18,20,35H,19H2,1-2H3,(H3,32,33)(H,34,38)(H2,36,37,39). The summed E-state index contributed by atoms with van der Waals surface area (Å²) in [6.07, 6.45) is 1.15. The van der Waals surface area contributed by atoms with Crippen molar-refractivity contribution in [1.82, 2.24) is 5.32 Å². The quantitative estimate of drug-likeness (QED) is 0.112. The molecule has 1 atom stereocenters. The van der Waals surface area contributed by atoms with Crippen molar-refractivity contribution in [3.05, 3.63) is 119 Å². The Morgan fingerprint density at radius 2 is 1.40 bits per heavy atom. The second kappa shape index (κ2) is 13.0. The van der Waals surface area contributed by atoms with E-state index in [-0.39, 0.29) is 29.2 Å². The fourth-order valence-electron chi connectivity index (χ4n) is 4.11. The van der Waals surface area contributed by atoms with Gasteiger partial charge in [-0.05, 0) is 78.7 Å². The van der Waals surface area contributed by atoms with E-state index >= 15 is 0 Å². The lowest BCUT2D eigenvalue weighted by atomic mass is 10.0. The minimum absolute atomic E-state index is 0.0471. The minimum atomic E-state index is -3.27. The van der Waals surface area contributed by atoms with Crippen molar-refractivity contribution in [3.8, 4) is 0 Å². The number of carbonyl (C=O) groups excluding carboxylic acids is 2. The molecule has 0 radical (unpaired) electrons. The van der Waals surface area contributed by atoms with E-state index in [1.165, 1.54) is 12.1 Å². The van der Waals surface area contributed by atoms with Crippen molar-refractivity contribution in [1.29, 1.82) is 5.41 Å². The second-order valence-electron chi connectivity index (χ2n) is 9.70. The number of carbonyl (C=O) groups is 2. The number of urea groups is 1. The van der Waals surface area contributed by atoms with Gasteiger partial charge >= 0.3 is 6.03 Å². The summed E-state index contributed by atoms with van der Waals surface area (Å²) in [5, 5.41) is 19.3. The molecule has 42 heavy (non-hydrogen) atoms. The maximum Gasteiger partial charge on any atom is 0.323 e. The maximum atomic E-state index is 12.7. The van der Waals surface area contributed by atoms with E-state index in [9.17, 15) is 18.0 Å². The molecule has 3 amide bonds. The van der Waals surface area contributed by atoms with Crippen LogP contribution in [0.3, 0.4) is 0 Å². The van der Waals surface area contributed by atoms with E-state index < -0.39 is 15.9 Å². The molecule has 0 aliphatic heterocycles. The molecule has 0 aliphatic rings. The van der Waals surface area contributed by atoms with Crippen molar-refractivity contribution in [2.75, 3.05) is 22.2 Å². The van der Waals surface area contributed by atoms with Crippen LogP contribution in [0.4, 0.5) is 21.9 Å². The highest BCUT2D eigenvalue weighted by molar-refractivity contribution is 7.90. The smallest absolute Gasteiger partial charge is 0.323 e. The number of nitrogens with one attached hydrogen (secondary N) is 5. The predicted octanol–water partition coefficient (Wildman–Crippen LogP) is 5.12. The normalized spacial score (nSPS) is 11.7. The van der Waals surface area contributed by atoms with Crippen LogP contribution in [0, 0.1) is 5.41 Å². The number of para-hydroxylation sites is 2. The van der Waals surface area contributed by atoms with E-state index in [0.29, 0.717) is 22.5 Å². The Hall–Kier alpha value is -5.16. The molecule has 0 heterocycles. The summed E-state index contributed by atoms with van der Waals surface area (Å²) < 4.78 is 23.2. The summed E-state index contributed by atoms with van der Waals surface area (Å²) in [5.74, 6) is -0.292. The largest absolute Gasteiger partial charge is 0.384 e. The average Bonchev–Trinajstić information content (AvgIpc) is 2.97. The molecule has 4 aromatic rings. The fourth-order valence-corrected chi connectivity index (χ4v) is 4.74. The van der Waals surface area contributed by atoms with Crippen LogP contribution < -0.4 is 27.0 Å². The lowest BCUT2D eigenvalue weighted by Crippen LogP contribution is -2.23. The molecule has 4 rings (SSSR count). The summed E-state index contributed by atoms with van der Waals surface area (Å²) in [6, 6.07) is 27.0. The predicted molar refractivity (Wildman–Crippen MR) is 166 cm³/mol. The van der Waals surface area contributed by atoms with Crippen molar-refractivity contribution >= 4 is 44.7 Å². The SMILES string of the molecule is CC(Nc1ccccc1NC(=O)Nc1ccc(C(=N)N)cc1)c1ccc(C(=O)NCc2ccc(S(C)(=O)=O)cc2)cc1. The molecule has 7 N–H and O–H groups in total. The highest BCUT2D eigenvalue weighted by atomic mass is 32.2. The number of anilines is 3. The number of rotatable bonds is 10. The molecule has 0 saturated carbocycles. The molecule has 0 aromatic heterocycles. The van der Waals surface area contributed by atoms with Crippen LogP contribution in [0.5, 0.6) is 0 Å². The van der Waals surface area contributed by atoms with E-state index in [0.717, 1.165) is 23.1 Å². The first-order valence-corrected chi connectivity index (χ1v) is 14.9. The Balaban J connectivity index is 1.33. The number of amidine groups is 1. The van der Waals surface area contributed by atoms with Crippen LogP contribution in [0.25, 0.3) is 0 Å². The van der Waals surface area contributed by atoms with Gasteiger partial charge in [0, 0.05) is 35.7 Å². The van der Waals surface area contributed by atoms with Gasteiger partial charge in [0.1, 0.15) is 5.84 Å². The van der Waals surface area contributed by atoms with Gasteiger partial charge < -0.3 is 27.0 Å². The summed E-state index contributed by atoms with van der Waals surface area (Å²) in [5.41, 5.74) is 10.1. The van der Waals surface area contributed by atoms with Crippen molar-refractivity contribution in [2.45, 2.75) is 24.4 Å². The molecule has 4 aromatic carbocycles. The van der Waals surface area contributed by atoms with Gasteiger partial charge in [0.05, 0.1) is 16.3 Å². The zero-order valence-electron chi connectivity index (χ0n) is 23.1. The first-order chi connectivity index (χ1) is 20.0. The van der Waals surface area contributed by atoms with E-state index in [4.69, 9.17) is 11.1 Å². The monoisotopic (exact) mass is 584 g/mol. The second-order valence-corrected chi connectivity index (χ2v) is 11.7. The average molecular weight is 585 g/mol. The van der Waals surface area contributed by atoms with Gasteiger partial charge in [-0.2, -0.15) is 0 Å². The van der Waals surface area contributed by atoms with Crippen LogP contribution in [0.1, 0.15) is 40.0 Å². The van der Waals surface area contributed by atoms with Crippen LogP contribution in [0.15, 0.2) is 102 Å². The van der Waals surface area contributed by atoms with Gasteiger partial charge in [0.2, 0.25) is 0 Å². The van der Waals surface area contributed by atoms with Crippen LogP contribution >= 0.6 is 0 Å². The molecule has 0 saturated heterocycles. The molecule has 0 aliphatic carbocycles. The van der Waals surface area contributed by atoms with Gasteiger partial charge in [-0.3, -0.25) is 10.2 Å². The molecule has 0 bridgehead atoms. The third-order valence-electron chi connectivity index (χ3n) is 6.48. The van der Waals surface area contributed by atoms with Gasteiger partial charge in [0.25, 0.3) is 5.91 Å². The first-order valence-electron chi connectivity index (χ1n) is 13.0. The summed E-state index contributed by atoms with van der Waals surface area (Å²) in [4.78, 5) is 25.5. The maximum absolute atomic E-state index is 12.7. The van der Waals surface area contributed by atoms with Crippen molar-refractivity contribution < 1.29 is 18.0 Å². The Morgan fingerprint density at radius 1 is 0.810 bits per heavy atom. The number of hydrogen-bond acceptors (Lipinski definition) is 6. The van der Waals surface area contributed by atoms with Crippen LogP contribution in [-0.2, 0) is 16.4 Å². The number of nitrogen functional groups attached to an aromatic ring is 1. The molecule has 10 nitrogen and oxygen atoms in total. The number of amides is 3. The van der Waals surface area contributed by atoms with Crippen molar-refractivity contribution in [2.24, 2.45) is 5.73 Å². The Morgan fingerprint density at radius 3 is 2.00 bits per heavy atom. The Labute approximate surface area is 244 Å². The highest BCUT2D eigenvalue weighted by Crippen LogP contribution is 2.27. The topological polar surface area (TPSA) is 166 Å². The van der Waals surface area contributed by atoms with Gasteiger partial charge in [-0.1, -0.05) is 36.4 Å². The van der Waals surface area contributed by atoms with Crippen LogP contribution in [0.2, 0.25) is 0 Å². The number of sulfone groups is 1. The number of hydrogen-bond donors (Lipinski definition) is 6.